The molecule has 0 aliphatic rings. The van der Waals surface area contributed by atoms with Crippen molar-refractivity contribution >= 4 is 28.3 Å². The van der Waals surface area contributed by atoms with Gasteiger partial charge in [-0.3, -0.25) is 0 Å². The summed E-state index contributed by atoms with van der Waals surface area (Å²) in [5, 5.41) is 12.0. The van der Waals surface area contributed by atoms with E-state index in [1.165, 1.54) is 12.1 Å². The van der Waals surface area contributed by atoms with Crippen LogP contribution in [0.2, 0.25) is 0 Å². The highest BCUT2D eigenvalue weighted by Crippen LogP contribution is 2.18. The second-order valence-electron chi connectivity index (χ2n) is 2.85. The Morgan fingerprint density at radius 2 is 2.31 bits per heavy atom. The van der Waals surface area contributed by atoms with Gasteiger partial charge in [0.15, 0.2) is 0 Å². The van der Waals surface area contributed by atoms with Crippen molar-refractivity contribution in [3.05, 3.63) is 27.6 Å². The van der Waals surface area contributed by atoms with Gasteiger partial charge in [-0.15, -0.1) is 0 Å². The Labute approximate surface area is 90.3 Å². The Bertz CT molecular complexity index is 291. The van der Waals surface area contributed by atoms with Crippen molar-refractivity contribution in [2.45, 2.75) is 13.0 Å². The molecule has 1 rings (SSSR count). The molecule has 13 heavy (non-hydrogen) atoms. The zero-order chi connectivity index (χ0) is 9.84. The number of nitrogens with one attached hydrogen (secondary N) is 1. The molecule has 0 aromatic heterocycles. The van der Waals surface area contributed by atoms with Crippen LogP contribution in [0.5, 0.6) is 0 Å². The van der Waals surface area contributed by atoms with E-state index in [2.05, 4.69) is 5.32 Å². The summed E-state index contributed by atoms with van der Waals surface area (Å²) in [4.78, 5) is 0. The molecule has 72 valence electrons. The van der Waals surface area contributed by atoms with Crippen molar-refractivity contribution in [1.29, 1.82) is 0 Å². The Balaban J connectivity index is 2.67. The average molecular weight is 295 g/mol. The maximum Gasteiger partial charge on any atom is 0.124 e. The third-order valence-electron chi connectivity index (χ3n) is 1.52. The second kappa shape index (κ2) is 4.76. The van der Waals surface area contributed by atoms with Gasteiger partial charge in [-0.25, -0.2) is 4.39 Å². The minimum absolute atomic E-state index is 0.244. The van der Waals surface area contributed by atoms with Crippen LogP contribution >= 0.6 is 22.6 Å². The molecular formula is C9H11FINO. The number of hydrogen-bond acceptors (Lipinski definition) is 2. The van der Waals surface area contributed by atoms with Crippen LogP contribution in [0.4, 0.5) is 10.1 Å². The fourth-order valence-corrected chi connectivity index (χ4v) is 1.56. The lowest BCUT2D eigenvalue weighted by atomic mass is 10.3. The summed E-state index contributed by atoms with van der Waals surface area (Å²) in [5.74, 6) is -0.244. The van der Waals surface area contributed by atoms with E-state index in [0.717, 1.165) is 9.26 Å². The van der Waals surface area contributed by atoms with Crippen LogP contribution in [-0.2, 0) is 0 Å². The lowest BCUT2D eigenvalue weighted by Gasteiger charge is -2.09. The number of halogens is 2. The molecule has 0 fully saturated rings. The van der Waals surface area contributed by atoms with E-state index >= 15 is 0 Å². The molecule has 0 radical (unpaired) electrons. The smallest absolute Gasteiger partial charge is 0.124 e. The van der Waals surface area contributed by atoms with Gasteiger partial charge in [-0.1, -0.05) is 0 Å². The van der Waals surface area contributed by atoms with Crippen LogP contribution in [-0.4, -0.2) is 17.8 Å². The molecule has 1 aromatic carbocycles. The summed E-state index contributed by atoms with van der Waals surface area (Å²) in [5.41, 5.74) is 0.850. The zero-order valence-corrected chi connectivity index (χ0v) is 9.38. The van der Waals surface area contributed by atoms with Gasteiger partial charge in [0.2, 0.25) is 0 Å². The third kappa shape index (κ3) is 3.48. The SMILES string of the molecule is C[C@@H](O)CNc1ccc(F)cc1I. The quantitative estimate of drug-likeness (QED) is 0.838. The van der Waals surface area contributed by atoms with E-state index in [1.54, 1.807) is 13.0 Å². The molecule has 0 heterocycles. The molecule has 0 amide bonds. The highest BCUT2D eigenvalue weighted by molar-refractivity contribution is 14.1. The standard InChI is InChI=1S/C9H11FINO/c1-6(13)5-12-9-3-2-7(10)4-8(9)11/h2-4,6,12-13H,5H2,1H3/t6-/m1/s1. The van der Waals surface area contributed by atoms with Crippen molar-refractivity contribution in [1.82, 2.24) is 0 Å². The Morgan fingerprint density at radius 1 is 1.62 bits per heavy atom. The van der Waals surface area contributed by atoms with Crippen molar-refractivity contribution < 1.29 is 9.50 Å². The minimum Gasteiger partial charge on any atom is -0.392 e. The lowest BCUT2D eigenvalue weighted by Crippen LogP contribution is -2.15. The Kier molecular flexibility index (Phi) is 3.92. The van der Waals surface area contributed by atoms with Crippen molar-refractivity contribution in [3.8, 4) is 0 Å². The van der Waals surface area contributed by atoms with Gasteiger partial charge < -0.3 is 10.4 Å². The first-order chi connectivity index (χ1) is 6.09. The van der Waals surface area contributed by atoms with Crippen molar-refractivity contribution in [2.75, 3.05) is 11.9 Å². The summed E-state index contributed by atoms with van der Waals surface area (Å²) < 4.78 is 13.5. The number of hydrogen-bond donors (Lipinski definition) is 2. The van der Waals surface area contributed by atoms with Gasteiger partial charge in [0.1, 0.15) is 5.82 Å². The number of benzene rings is 1. The van der Waals surface area contributed by atoms with Crippen LogP contribution in [0.25, 0.3) is 0 Å². The molecular weight excluding hydrogens is 284 g/mol. The molecule has 0 spiro atoms. The van der Waals surface area contributed by atoms with Gasteiger partial charge in [0.25, 0.3) is 0 Å². The van der Waals surface area contributed by atoms with Gasteiger partial charge >= 0.3 is 0 Å². The molecule has 0 saturated heterocycles. The summed E-state index contributed by atoms with van der Waals surface area (Å²) in [6, 6.07) is 4.51. The van der Waals surface area contributed by atoms with Crippen LogP contribution in [0.1, 0.15) is 6.92 Å². The molecule has 4 heteroatoms. The predicted molar refractivity (Wildman–Crippen MR) is 59.3 cm³/mol. The maximum absolute atomic E-state index is 12.7. The first-order valence-electron chi connectivity index (χ1n) is 3.96. The largest absolute Gasteiger partial charge is 0.392 e. The molecule has 2 N–H and O–H groups in total. The third-order valence-corrected chi connectivity index (χ3v) is 2.41. The monoisotopic (exact) mass is 295 g/mol. The van der Waals surface area contributed by atoms with Crippen LogP contribution in [0, 0.1) is 9.39 Å². The van der Waals surface area contributed by atoms with Gasteiger partial charge in [0, 0.05) is 15.8 Å². The van der Waals surface area contributed by atoms with Crippen molar-refractivity contribution in [2.24, 2.45) is 0 Å². The molecule has 0 aliphatic carbocycles. The topological polar surface area (TPSA) is 32.3 Å². The number of rotatable bonds is 3. The highest BCUT2D eigenvalue weighted by Gasteiger charge is 2.01. The van der Waals surface area contributed by atoms with Crippen LogP contribution < -0.4 is 5.32 Å². The van der Waals surface area contributed by atoms with Gasteiger partial charge in [-0.05, 0) is 47.7 Å². The minimum atomic E-state index is -0.402. The maximum atomic E-state index is 12.7. The van der Waals surface area contributed by atoms with E-state index in [-0.39, 0.29) is 5.82 Å². The van der Waals surface area contributed by atoms with Gasteiger partial charge in [0.05, 0.1) is 6.10 Å². The fraction of sp³-hybridized carbons (Fsp3) is 0.333. The number of aliphatic hydroxyl groups excluding tert-OH is 1. The summed E-state index contributed by atoms with van der Waals surface area (Å²) in [6.07, 6.45) is -0.402. The van der Waals surface area contributed by atoms with Gasteiger partial charge in [-0.2, -0.15) is 0 Å². The number of anilines is 1. The summed E-state index contributed by atoms with van der Waals surface area (Å²) >= 11 is 2.05. The molecule has 0 bridgehead atoms. The van der Waals surface area contributed by atoms with E-state index in [1.807, 2.05) is 22.6 Å². The fourth-order valence-electron chi connectivity index (χ4n) is 0.891. The Hall–Kier alpha value is -0.360. The van der Waals surface area contributed by atoms with E-state index in [4.69, 9.17) is 5.11 Å². The molecule has 0 unspecified atom stereocenters. The highest BCUT2D eigenvalue weighted by atomic mass is 127. The molecule has 0 aliphatic heterocycles. The summed E-state index contributed by atoms with van der Waals surface area (Å²) in [6.45, 7) is 2.17. The van der Waals surface area contributed by atoms with Crippen LogP contribution in [0.15, 0.2) is 18.2 Å². The molecule has 1 aromatic rings. The first-order valence-corrected chi connectivity index (χ1v) is 5.04. The molecule has 1 atom stereocenters. The summed E-state index contributed by atoms with van der Waals surface area (Å²) in [7, 11) is 0. The Morgan fingerprint density at radius 3 is 2.85 bits per heavy atom. The predicted octanol–water partition coefficient (Wildman–Crippen LogP) is 2.22. The second-order valence-corrected chi connectivity index (χ2v) is 4.02. The zero-order valence-electron chi connectivity index (χ0n) is 7.22. The van der Waals surface area contributed by atoms with E-state index < -0.39 is 6.10 Å². The molecule has 2 nitrogen and oxygen atoms in total. The lowest BCUT2D eigenvalue weighted by molar-refractivity contribution is 0.208. The van der Waals surface area contributed by atoms with E-state index in [9.17, 15) is 4.39 Å². The van der Waals surface area contributed by atoms with Crippen molar-refractivity contribution in [3.63, 3.8) is 0 Å². The average Bonchev–Trinajstić information content (AvgIpc) is 2.02. The van der Waals surface area contributed by atoms with Crippen LogP contribution in [0.3, 0.4) is 0 Å². The first kappa shape index (κ1) is 10.7. The van der Waals surface area contributed by atoms with E-state index in [0.29, 0.717) is 6.54 Å². The normalized spacial score (nSPS) is 12.6. The number of aliphatic hydroxyl groups is 1. The molecule has 0 saturated carbocycles.